The highest BCUT2D eigenvalue weighted by Gasteiger charge is 2.51. The molecular formula is C46H37BN4O3. The van der Waals surface area contributed by atoms with Crippen LogP contribution in [0, 0.1) is 0 Å². The summed E-state index contributed by atoms with van der Waals surface area (Å²) in [7, 11) is -0.600. The molecule has 0 amide bonds. The van der Waals surface area contributed by atoms with E-state index in [-0.39, 0.29) is 5.41 Å². The van der Waals surface area contributed by atoms with Gasteiger partial charge in [-0.15, -0.1) is 0 Å². The van der Waals surface area contributed by atoms with Gasteiger partial charge in [-0.3, -0.25) is 4.81 Å². The molecule has 10 rings (SSSR count). The minimum atomic E-state index is -0.600. The van der Waals surface area contributed by atoms with E-state index < -0.39 is 7.25 Å². The van der Waals surface area contributed by atoms with E-state index in [0.717, 1.165) is 51.4 Å². The smallest absolute Gasteiger partial charge is 0.505 e. The SMILES string of the molecule is CC(C)(C)c1ccnc2c1OB1Oc3ccc(Oc4cccc(N5CN(c6c(-c7ccccc7)cccc6-c6ccccc6)c6ccccc65)c4)cc3N12. The van der Waals surface area contributed by atoms with Gasteiger partial charge in [0.1, 0.15) is 29.7 Å². The Morgan fingerprint density at radius 1 is 0.611 bits per heavy atom. The third-order valence-corrected chi connectivity index (χ3v) is 10.4. The Kier molecular flexibility index (Phi) is 7.40. The highest BCUT2D eigenvalue weighted by molar-refractivity contribution is 6.57. The van der Waals surface area contributed by atoms with Gasteiger partial charge < -0.3 is 23.8 Å². The summed E-state index contributed by atoms with van der Waals surface area (Å²) in [4.78, 5) is 11.5. The van der Waals surface area contributed by atoms with E-state index in [1.165, 1.54) is 27.9 Å². The first-order chi connectivity index (χ1) is 26.4. The average molecular weight is 705 g/mol. The third kappa shape index (κ3) is 5.33. The fraction of sp³-hybridized carbons (Fsp3) is 0.109. The molecule has 7 aromatic rings. The predicted octanol–water partition coefficient (Wildman–Crippen LogP) is 11.7. The van der Waals surface area contributed by atoms with E-state index in [1.807, 2.05) is 41.3 Å². The largest absolute Gasteiger partial charge is 0.744 e. The van der Waals surface area contributed by atoms with E-state index in [0.29, 0.717) is 12.4 Å². The lowest BCUT2D eigenvalue weighted by Gasteiger charge is -2.27. The number of ether oxygens (including phenoxy) is 1. The number of anilines is 6. The van der Waals surface area contributed by atoms with Gasteiger partial charge in [0.25, 0.3) is 0 Å². The molecule has 0 bridgehead atoms. The van der Waals surface area contributed by atoms with Crippen molar-refractivity contribution >= 4 is 41.5 Å². The summed E-state index contributed by atoms with van der Waals surface area (Å²) >= 11 is 0. The highest BCUT2D eigenvalue weighted by atomic mass is 16.6. The molecule has 0 saturated heterocycles. The molecule has 0 radical (unpaired) electrons. The van der Waals surface area contributed by atoms with Crippen molar-refractivity contribution in [1.29, 1.82) is 0 Å². The van der Waals surface area contributed by atoms with Crippen molar-refractivity contribution in [3.8, 4) is 45.3 Å². The van der Waals surface area contributed by atoms with Crippen LogP contribution in [-0.4, -0.2) is 18.9 Å². The molecule has 1 aromatic heterocycles. The van der Waals surface area contributed by atoms with Crippen LogP contribution in [0.25, 0.3) is 22.3 Å². The quantitative estimate of drug-likeness (QED) is 0.160. The Bertz CT molecular complexity index is 2480. The molecule has 6 aromatic carbocycles. The van der Waals surface area contributed by atoms with Crippen LogP contribution in [0.3, 0.4) is 0 Å². The van der Waals surface area contributed by atoms with Crippen LogP contribution >= 0.6 is 0 Å². The van der Waals surface area contributed by atoms with Crippen molar-refractivity contribution < 1.29 is 14.0 Å². The maximum Gasteiger partial charge on any atom is 0.744 e. The van der Waals surface area contributed by atoms with Gasteiger partial charge in [-0.25, -0.2) is 4.98 Å². The first-order valence-corrected chi connectivity index (χ1v) is 18.3. The summed E-state index contributed by atoms with van der Waals surface area (Å²) in [6.07, 6.45) is 1.84. The summed E-state index contributed by atoms with van der Waals surface area (Å²) in [6, 6.07) is 52.8. The van der Waals surface area contributed by atoms with Gasteiger partial charge in [0.15, 0.2) is 5.82 Å². The summed E-state index contributed by atoms with van der Waals surface area (Å²) in [6.45, 7) is 7.15. The zero-order valence-corrected chi connectivity index (χ0v) is 30.3. The Morgan fingerprint density at radius 2 is 1.26 bits per heavy atom. The Morgan fingerprint density at radius 3 is 1.96 bits per heavy atom. The van der Waals surface area contributed by atoms with Gasteiger partial charge in [-0.1, -0.05) is 118 Å². The average Bonchev–Trinajstić information content (AvgIpc) is 3.88. The molecule has 0 fully saturated rings. The first-order valence-electron chi connectivity index (χ1n) is 18.3. The Labute approximate surface area is 315 Å². The van der Waals surface area contributed by atoms with Crippen LogP contribution in [0.2, 0.25) is 0 Å². The predicted molar refractivity (Wildman–Crippen MR) is 218 cm³/mol. The minimum Gasteiger partial charge on any atom is -0.505 e. The standard InChI is InChI=1S/C46H37BN4O3/c1-46(2,3)38-26-27-48-45-44(38)54-47-51(45)41-29-35(24-25-42(41)53-47)52-34-19-12-18-33(28-34)49-30-50(40-23-11-10-22-39(40)49)43-36(31-14-6-4-7-15-31)20-13-21-37(43)32-16-8-5-9-17-32/h4-29H,30H2,1-3H3. The summed E-state index contributed by atoms with van der Waals surface area (Å²) < 4.78 is 19.1. The van der Waals surface area contributed by atoms with Gasteiger partial charge in [-0.2, -0.15) is 0 Å². The molecule has 8 heteroatoms. The monoisotopic (exact) mass is 704 g/mol. The molecule has 7 nitrogen and oxygen atoms in total. The fourth-order valence-corrected chi connectivity index (χ4v) is 7.84. The molecular weight excluding hydrogens is 667 g/mol. The number of hydrogen-bond acceptors (Lipinski definition) is 7. The second kappa shape index (κ2) is 12.5. The van der Waals surface area contributed by atoms with Crippen molar-refractivity contribution in [2.75, 3.05) is 21.3 Å². The van der Waals surface area contributed by atoms with E-state index in [4.69, 9.17) is 19.0 Å². The van der Waals surface area contributed by atoms with Crippen LogP contribution in [-0.2, 0) is 5.41 Å². The topological polar surface area (TPSA) is 50.3 Å². The van der Waals surface area contributed by atoms with Gasteiger partial charge in [-0.05, 0) is 59.0 Å². The van der Waals surface area contributed by atoms with Crippen LogP contribution in [0.1, 0.15) is 26.3 Å². The van der Waals surface area contributed by atoms with Crippen molar-refractivity contribution in [2.45, 2.75) is 26.2 Å². The molecule has 54 heavy (non-hydrogen) atoms. The van der Waals surface area contributed by atoms with Gasteiger partial charge in [0.05, 0.1) is 22.7 Å². The summed E-state index contributed by atoms with van der Waals surface area (Å²) in [5, 5.41) is 0. The molecule has 0 spiro atoms. The van der Waals surface area contributed by atoms with E-state index in [9.17, 15) is 0 Å². The number of benzene rings is 6. The second-order valence-electron chi connectivity index (χ2n) is 14.8. The van der Waals surface area contributed by atoms with Crippen LogP contribution in [0.15, 0.2) is 158 Å². The van der Waals surface area contributed by atoms with Crippen LogP contribution < -0.4 is 28.7 Å². The Balaban J connectivity index is 0.990. The maximum absolute atomic E-state index is 6.59. The zero-order chi connectivity index (χ0) is 36.4. The van der Waals surface area contributed by atoms with Gasteiger partial charge in [0, 0.05) is 40.7 Å². The van der Waals surface area contributed by atoms with E-state index >= 15 is 0 Å². The Hall–Kier alpha value is -6.67. The van der Waals surface area contributed by atoms with Crippen molar-refractivity contribution in [3.63, 3.8) is 0 Å². The zero-order valence-electron chi connectivity index (χ0n) is 30.3. The van der Waals surface area contributed by atoms with E-state index in [2.05, 4.69) is 152 Å². The molecule has 3 aliphatic heterocycles. The van der Waals surface area contributed by atoms with Gasteiger partial charge in [0.2, 0.25) is 0 Å². The molecule has 4 heterocycles. The number of fused-ring (bicyclic) bond motifs is 6. The number of nitrogens with zero attached hydrogens (tertiary/aromatic N) is 4. The lowest BCUT2D eigenvalue weighted by Crippen LogP contribution is -2.36. The number of para-hydroxylation sites is 3. The van der Waals surface area contributed by atoms with Gasteiger partial charge >= 0.3 is 7.25 Å². The molecule has 0 atom stereocenters. The second-order valence-corrected chi connectivity index (χ2v) is 14.8. The van der Waals surface area contributed by atoms with Crippen LogP contribution in [0.5, 0.6) is 23.0 Å². The molecule has 0 unspecified atom stereocenters. The highest BCUT2D eigenvalue weighted by Crippen LogP contribution is 2.53. The number of aromatic nitrogens is 1. The molecule has 0 aliphatic carbocycles. The number of hydrogen-bond donors (Lipinski definition) is 0. The number of rotatable bonds is 6. The minimum absolute atomic E-state index is 0.103. The lowest BCUT2D eigenvalue weighted by molar-refractivity contribution is 0.439. The molecule has 0 N–H and O–H groups in total. The first kappa shape index (κ1) is 32.0. The fourth-order valence-electron chi connectivity index (χ4n) is 7.84. The van der Waals surface area contributed by atoms with Crippen molar-refractivity contribution in [2.24, 2.45) is 0 Å². The molecule has 262 valence electrons. The molecule has 3 aliphatic rings. The summed E-state index contributed by atoms with van der Waals surface area (Å²) in [5.74, 6) is 3.69. The lowest BCUT2D eigenvalue weighted by atomic mass is 9.87. The normalized spacial score (nSPS) is 13.9. The van der Waals surface area contributed by atoms with E-state index in [1.54, 1.807) is 0 Å². The van der Waals surface area contributed by atoms with Crippen molar-refractivity contribution in [3.05, 3.63) is 163 Å². The molecule has 0 saturated carbocycles. The van der Waals surface area contributed by atoms with Crippen LogP contribution in [0.4, 0.5) is 34.3 Å². The maximum atomic E-state index is 6.59. The third-order valence-electron chi connectivity index (χ3n) is 10.4. The van der Waals surface area contributed by atoms with Crippen molar-refractivity contribution in [1.82, 2.24) is 4.98 Å². The summed E-state index contributed by atoms with van der Waals surface area (Å²) in [5.41, 5.74) is 11.1. The number of pyridine rings is 1.